The van der Waals surface area contributed by atoms with Crippen molar-refractivity contribution < 1.29 is 9.53 Å². The number of hydrogen-bond acceptors (Lipinski definition) is 3. The summed E-state index contributed by atoms with van der Waals surface area (Å²) >= 11 is 3.34. The predicted molar refractivity (Wildman–Crippen MR) is 74.8 cm³/mol. The highest BCUT2D eigenvalue weighted by Gasteiger charge is 2.11. The first-order valence-corrected chi connectivity index (χ1v) is 5.77. The van der Waals surface area contributed by atoms with Gasteiger partial charge in [0.15, 0.2) is 0 Å². The van der Waals surface area contributed by atoms with Gasteiger partial charge in [0.25, 0.3) is 0 Å². The molecular weight excluding hydrogens is 307 g/mol. The van der Waals surface area contributed by atoms with Crippen LogP contribution in [0.5, 0.6) is 5.75 Å². The Hall–Kier alpha value is -0.780. The van der Waals surface area contributed by atoms with Crippen LogP contribution in [-0.2, 0) is 4.79 Å². The number of nitrogens with two attached hydrogens (primary N) is 1. The van der Waals surface area contributed by atoms with Crippen LogP contribution in [0, 0.1) is 0 Å². The van der Waals surface area contributed by atoms with Crippen molar-refractivity contribution in [2.75, 3.05) is 12.4 Å². The van der Waals surface area contributed by atoms with Crippen LogP contribution in [0.25, 0.3) is 0 Å². The minimum atomic E-state index is -0.477. The third kappa shape index (κ3) is 4.53. The summed E-state index contributed by atoms with van der Waals surface area (Å²) in [5, 5.41) is 2.73. The van der Waals surface area contributed by atoms with E-state index < -0.39 is 6.04 Å². The lowest BCUT2D eigenvalue weighted by atomic mass is 10.2. The molecule has 0 aromatic heterocycles. The van der Waals surface area contributed by atoms with Crippen LogP contribution in [0.1, 0.15) is 13.3 Å². The molecule has 0 bridgehead atoms. The first-order chi connectivity index (χ1) is 7.58. The zero-order chi connectivity index (χ0) is 12.1. The number of carbonyl (C=O) groups excluding carboxylic acids is 1. The number of ether oxygens (including phenoxy) is 1. The van der Waals surface area contributed by atoms with Crippen molar-refractivity contribution in [2.45, 2.75) is 19.4 Å². The fraction of sp³-hybridized carbons (Fsp3) is 0.364. The van der Waals surface area contributed by atoms with E-state index in [-0.39, 0.29) is 18.3 Å². The standard InChI is InChI=1S/C11H15BrN2O2.ClH/c1-3-9(13)11(15)14-7-4-5-8(12)10(6-7)16-2;/h4-6,9H,3,13H2,1-2H3,(H,14,15);1H/t9-;/m0./s1. The summed E-state index contributed by atoms with van der Waals surface area (Å²) in [6, 6.07) is 4.86. The topological polar surface area (TPSA) is 64.4 Å². The van der Waals surface area contributed by atoms with Crippen molar-refractivity contribution in [3.05, 3.63) is 22.7 Å². The number of halogens is 2. The first-order valence-electron chi connectivity index (χ1n) is 4.98. The summed E-state index contributed by atoms with van der Waals surface area (Å²) in [7, 11) is 1.57. The van der Waals surface area contributed by atoms with Gasteiger partial charge in [-0.05, 0) is 34.5 Å². The predicted octanol–water partition coefficient (Wildman–Crippen LogP) is 2.56. The third-order valence-electron chi connectivity index (χ3n) is 2.20. The fourth-order valence-electron chi connectivity index (χ4n) is 1.16. The van der Waals surface area contributed by atoms with E-state index in [1.807, 2.05) is 13.0 Å². The minimum Gasteiger partial charge on any atom is -0.495 e. The summed E-state index contributed by atoms with van der Waals surface area (Å²) in [6.07, 6.45) is 0.611. The monoisotopic (exact) mass is 322 g/mol. The van der Waals surface area contributed by atoms with Crippen molar-refractivity contribution in [3.8, 4) is 5.75 Å². The Morgan fingerprint density at radius 3 is 2.76 bits per heavy atom. The van der Waals surface area contributed by atoms with E-state index in [4.69, 9.17) is 10.5 Å². The number of amides is 1. The van der Waals surface area contributed by atoms with Crippen molar-refractivity contribution in [3.63, 3.8) is 0 Å². The van der Waals surface area contributed by atoms with E-state index in [2.05, 4.69) is 21.2 Å². The first kappa shape index (κ1) is 16.2. The minimum absolute atomic E-state index is 0. The summed E-state index contributed by atoms with van der Waals surface area (Å²) in [6.45, 7) is 1.87. The summed E-state index contributed by atoms with van der Waals surface area (Å²) in [4.78, 5) is 11.5. The van der Waals surface area contributed by atoms with Gasteiger partial charge < -0.3 is 15.8 Å². The molecule has 0 spiro atoms. The Morgan fingerprint density at radius 1 is 1.59 bits per heavy atom. The van der Waals surface area contributed by atoms with Crippen molar-refractivity contribution in [2.24, 2.45) is 5.73 Å². The molecule has 0 saturated carbocycles. The normalized spacial score (nSPS) is 11.3. The number of rotatable bonds is 4. The zero-order valence-electron chi connectivity index (χ0n) is 9.70. The van der Waals surface area contributed by atoms with Crippen LogP contribution < -0.4 is 15.8 Å². The van der Waals surface area contributed by atoms with Gasteiger partial charge in [-0.1, -0.05) is 6.92 Å². The molecule has 1 aromatic carbocycles. The van der Waals surface area contributed by atoms with Gasteiger partial charge in [-0.3, -0.25) is 4.79 Å². The Kier molecular flexibility index (Phi) is 7.18. The molecule has 17 heavy (non-hydrogen) atoms. The van der Waals surface area contributed by atoms with Gasteiger partial charge in [0.2, 0.25) is 5.91 Å². The highest BCUT2D eigenvalue weighted by atomic mass is 79.9. The molecule has 0 fully saturated rings. The molecule has 0 aliphatic heterocycles. The van der Waals surface area contributed by atoms with Gasteiger partial charge in [0, 0.05) is 11.8 Å². The number of anilines is 1. The van der Waals surface area contributed by atoms with Crippen molar-refractivity contribution >= 4 is 39.9 Å². The molecule has 4 nitrogen and oxygen atoms in total. The number of benzene rings is 1. The van der Waals surface area contributed by atoms with Gasteiger partial charge in [-0.25, -0.2) is 0 Å². The van der Waals surface area contributed by atoms with E-state index in [1.165, 1.54) is 0 Å². The van der Waals surface area contributed by atoms with E-state index in [1.54, 1.807) is 19.2 Å². The average molecular weight is 324 g/mol. The molecule has 1 rings (SSSR count). The maximum atomic E-state index is 11.5. The molecule has 1 aromatic rings. The largest absolute Gasteiger partial charge is 0.495 e. The fourth-order valence-corrected chi connectivity index (χ4v) is 1.57. The number of carbonyl (C=O) groups is 1. The number of nitrogens with one attached hydrogen (secondary N) is 1. The van der Waals surface area contributed by atoms with Gasteiger partial charge in [0.05, 0.1) is 17.6 Å². The van der Waals surface area contributed by atoms with Crippen molar-refractivity contribution in [1.82, 2.24) is 0 Å². The molecule has 0 heterocycles. The molecule has 6 heteroatoms. The molecule has 0 unspecified atom stereocenters. The molecule has 1 amide bonds. The van der Waals surface area contributed by atoms with Crippen LogP contribution in [0.4, 0.5) is 5.69 Å². The summed E-state index contributed by atoms with van der Waals surface area (Å²) in [5.41, 5.74) is 6.29. The molecule has 96 valence electrons. The van der Waals surface area contributed by atoms with Gasteiger partial charge in [-0.2, -0.15) is 0 Å². The molecule has 0 radical (unpaired) electrons. The quantitative estimate of drug-likeness (QED) is 0.895. The third-order valence-corrected chi connectivity index (χ3v) is 2.85. The van der Waals surface area contributed by atoms with E-state index >= 15 is 0 Å². The Labute approximate surface area is 115 Å². The highest BCUT2D eigenvalue weighted by Crippen LogP contribution is 2.27. The van der Waals surface area contributed by atoms with Gasteiger partial charge in [0.1, 0.15) is 5.75 Å². The number of hydrogen-bond donors (Lipinski definition) is 2. The zero-order valence-corrected chi connectivity index (χ0v) is 12.1. The van der Waals surface area contributed by atoms with E-state index in [0.29, 0.717) is 17.9 Å². The maximum Gasteiger partial charge on any atom is 0.241 e. The second kappa shape index (κ2) is 7.53. The highest BCUT2D eigenvalue weighted by molar-refractivity contribution is 9.10. The average Bonchev–Trinajstić information content (AvgIpc) is 2.30. The second-order valence-electron chi connectivity index (χ2n) is 3.35. The lowest BCUT2D eigenvalue weighted by Gasteiger charge is -2.11. The van der Waals surface area contributed by atoms with Crippen LogP contribution in [0.3, 0.4) is 0 Å². The SMILES string of the molecule is CC[C@H](N)C(=O)Nc1ccc(Br)c(OC)c1.Cl. The van der Waals surface area contributed by atoms with Crippen LogP contribution >= 0.6 is 28.3 Å². The lowest BCUT2D eigenvalue weighted by Crippen LogP contribution is -2.34. The summed E-state index contributed by atoms with van der Waals surface area (Å²) in [5.74, 6) is 0.481. The maximum absolute atomic E-state index is 11.5. The van der Waals surface area contributed by atoms with Crippen LogP contribution in [0.15, 0.2) is 22.7 Å². The van der Waals surface area contributed by atoms with Crippen LogP contribution in [-0.4, -0.2) is 19.1 Å². The Bertz CT molecular complexity index is 388. The smallest absolute Gasteiger partial charge is 0.241 e. The van der Waals surface area contributed by atoms with Gasteiger partial charge in [-0.15, -0.1) is 12.4 Å². The van der Waals surface area contributed by atoms with Gasteiger partial charge >= 0.3 is 0 Å². The van der Waals surface area contributed by atoms with Crippen molar-refractivity contribution in [1.29, 1.82) is 0 Å². The van der Waals surface area contributed by atoms with E-state index in [0.717, 1.165) is 4.47 Å². The summed E-state index contributed by atoms with van der Waals surface area (Å²) < 4.78 is 5.97. The molecule has 0 aliphatic carbocycles. The number of methoxy groups -OCH3 is 1. The molecule has 0 aliphatic rings. The second-order valence-corrected chi connectivity index (χ2v) is 4.21. The molecular formula is C11H16BrClN2O2. The molecule has 3 N–H and O–H groups in total. The molecule has 1 atom stereocenters. The lowest BCUT2D eigenvalue weighted by molar-refractivity contribution is -0.117. The molecule has 0 saturated heterocycles. The Morgan fingerprint density at radius 2 is 2.24 bits per heavy atom. The van der Waals surface area contributed by atoms with E-state index in [9.17, 15) is 4.79 Å². The van der Waals surface area contributed by atoms with Crippen LogP contribution in [0.2, 0.25) is 0 Å². The Balaban J connectivity index is 0.00000256.